The summed E-state index contributed by atoms with van der Waals surface area (Å²) >= 11 is 0. The largest absolute Gasteiger partial charge is 0.476 e. The molecule has 2 unspecified atom stereocenters. The highest BCUT2D eigenvalue weighted by Gasteiger charge is 2.33. The van der Waals surface area contributed by atoms with E-state index in [-0.39, 0.29) is 12.0 Å². The van der Waals surface area contributed by atoms with Crippen molar-refractivity contribution >= 4 is 17.0 Å². The van der Waals surface area contributed by atoms with Gasteiger partial charge in [0.15, 0.2) is 35.1 Å². The van der Waals surface area contributed by atoms with E-state index in [0.717, 1.165) is 74.5 Å². The maximum absolute atomic E-state index is 6.79. The molecule has 5 aromatic carbocycles. The monoisotopic (exact) mass is 726 g/mol. The summed E-state index contributed by atoms with van der Waals surface area (Å²) in [4.78, 5) is 14.7. The molecule has 0 radical (unpaired) electrons. The summed E-state index contributed by atoms with van der Waals surface area (Å²) in [6.07, 6.45) is 16.3. The molecule has 1 aliphatic heterocycles. The van der Waals surface area contributed by atoms with Gasteiger partial charge in [-0.05, 0) is 66.5 Å². The van der Waals surface area contributed by atoms with Gasteiger partial charge < -0.3 is 14.0 Å². The van der Waals surface area contributed by atoms with Crippen LogP contribution in [0.15, 0.2) is 176 Å². The molecule has 0 bridgehead atoms. The summed E-state index contributed by atoms with van der Waals surface area (Å²) in [6.45, 7) is 6.28. The van der Waals surface area contributed by atoms with E-state index in [4.69, 9.17) is 24.4 Å². The second-order valence-corrected chi connectivity index (χ2v) is 14.3. The van der Waals surface area contributed by atoms with Crippen molar-refractivity contribution in [1.82, 2.24) is 19.5 Å². The predicted octanol–water partition coefficient (Wildman–Crippen LogP) is 11.8. The van der Waals surface area contributed by atoms with Crippen LogP contribution in [0.25, 0.3) is 68.0 Å². The van der Waals surface area contributed by atoms with E-state index in [9.17, 15) is 0 Å². The zero-order chi connectivity index (χ0) is 37.6. The number of hydrogen-bond acceptors (Lipinski definition) is 5. The first-order valence-corrected chi connectivity index (χ1v) is 19.1. The van der Waals surface area contributed by atoms with Crippen molar-refractivity contribution in [3.63, 3.8) is 0 Å². The molecule has 0 saturated heterocycles. The van der Waals surface area contributed by atoms with Crippen LogP contribution in [0, 0.1) is 5.92 Å². The average molecular weight is 727 g/mol. The molecule has 10 rings (SSSR count). The lowest BCUT2D eigenvalue weighted by atomic mass is 9.85. The van der Waals surface area contributed by atoms with Crippen LogP contribution < -0.4 is 9.47 Å². The van der Waals surface area contributed by atoms with Crippen LogP contribution in [0.4, 0.5) is 0 Å². The Kier molecular flexibility index (Phi) is 8.37. The van der Waals surface area contributed by atoms with Crippen LogP contribution in [0.5, 0.6) is 11.5 Å². The van der Waals surface area contributed by atoms with E-state index in [1.54, 1.807) is 0 Å². The fourth-order valence-corrected chi connectivity index (χ4v) is 8.04. The Morgan fingerprint density at radius 1 is 0.714 bits per heavy atom. The van der Waals surface area contributed by atoms with Crippen molar-refractivity contribution in [1.29, 1.82) is 0 Å². The Bertz CT molecular complexity index is 2700. The summed E-state index contributed by atoms with van der Waals surface area (Å²) in [6, 6.07) is 41.6. The molecule has 7 aromatic rings. The number of rotatable bonds is 7. The molecule has 0 saturated carbocycles. The summed E-state index contributed by atoms with van der Waals surface area (Å²) in [7, 11) is 0. The highest BCUT2D eigenvalue weighted by atomic mass is 16.6. The van der Waals surface area contributed by atoms with Gasteiger partial charge in [-0.2, -0.15) is 0 Å². The van der Waals surface area contributed by atoms with Gasteiger partial charge in [0, 0.05) is 51.4 Å². The zero-order valence-electron chi connectivity index (χ0n) is 31.0. The number of aromatic nitrogens is 4. The first-order chi connectivity index (χ1) is 27.6. The second-order valence-electron chi connectivity index (χ2n) is 14.3. The Labute approximate surface area is 326 Å². The molecule has 2 aromatic heterocycles. The molecule has 6 heteroatoms. The lowest BCUT2D eigenvalue weighted by molar-refractivity contribution is 0.149. The summed E-state index contributed by atoms with van der Waals surface area (Å²) in [5.41, 5.74) is 10.8. The van der Waals surface area contributed by atoms with Gasteiger partial charge in [-0.3, -0.25) is 0 Å². The fraction of sp³-hybridized carbons (Fsp3) is 0.100. The third-order valence-electron chi connectivity index (χ3n) is 10.8. The molecule has 0 fully saturated rings. The second kappa shape index (κ2) is 14.0. The van der Waals surface area contributed by atoms with Gasteiger partial charge in [-0.15, -0.1) is 6.58 Å². The summed E-state index contributed by atoms with van der Waals surface area (Å²) < 4.78 is 15.6. The minimum atomic E-state index is -0.147. The SMILES string of the molecule is C=CC1Cc2c(c3ccc4c(c3n2-c2ccc(-c3ccc(-c5nc(-c6ccccc6)nc(-c6ccccc6)n5)cc3)cc2)OC2CC=CC=C2O4)C=C1/C=C\C. The fourth-order valence-electron chi connectivity index (χ4n) is 8.04. The van der Waals surface area contributed by atoms with E-state index in [2.05, 4.69) is 109 Å². The quantitative estimate of drug-likeness (QED) is 0.153. The van der Waals surface area contributed by atoms with Gasteiger partial charge >= 0.3 is 0 Å². The Hall–Kier alpha value is -7.05. The van der Waals surface area contributed by atoms with Gasteiger partial charge in [-0.25, -0.2) is 15.0 Å². The molecule has 3 aliphatic rings. The first-order valence-electron chi connectivity index (χ1n) is 19.1. The molecular formula is C50H38N4O2. The molecule has 2 atom stereocenters. The van der Waals surface area contributed by atoms with Gasteiger partial charge in [-0.1, -0.05) is 127 Å². The highest BCUT2D eigenvalue weighted by molar-refractivity contribution is 5.99. The molecule has 270 valence electrons. The van der Waals surface area contributed by atoms with Crippen LogP contribution in [-0.4, -0.2) is 25.6 Å². The van der Waals surface area contributed by atoms with Crippen LogP contribution in [-0.2, 0) is 6.42 Å². The first kappa shape index (κ1) is 33.5. The number of hydrogen-bond donors (Lipinski definition) is 0. The maximum Gasteiger partial charge on any atom is 0.187 e. The summed E-state index contributed by atoms with van der Waals surface area (Å²) in [5.74, 6) is 4.50. The van der Waals surface area contributed by atoms with E-state index < -0.39 is 0 Å². The highest BCUT2D eigenvalue weighted by Crippen LogP contribution is 2.48. The van der Waals surface area contributed by atoms with Crippen molar-refractivity contribution in [3.8, 4) is 62.5 Å². The number of nitrogens with zero attached hydrogens (tertiary/aromatic N) is 4. The molecule has 2 aliphatic carbocycles. The number of fused-ring (bicyclic) bond motifs is 6. The predicted molar refractivity (Wildman–Crippen MR) is 225 cm³/mol. The molecule has 56 heavy (non-hydrogen) atoms. The van der Waals surface area contributed by atoms with Crippen molar-refractivity contribution < 1.29 is 9.47 Å². The minimum absolute atomic E-state index is 0.147. The van der Waals surface area contributed by atoms with Gasteiger partial charge in [0.2, 0.25) is 0 Å². The zero-order valence-corrected chi connectivity index (χ0v) is 31.0. The standard InChI is InChI=1S/C50H38N4O2/c1-3-13-38-30-41-40-28-29-45-47(56-44-19-12-11-18-43(44)55-45)46(40)54(42(41)31-32(38)4-2)39-26-24-34(25-27-39)33-20-22-37(23-21-33)50-52-48(35-14-7-5-8-15-35)51-49(53-50)36-16-9-6-10-17-36/h3-18,20-30,32,44H,2,19,31H2,1H3/b13-3-. The van der Waals surface area contributed by atoms with Crippen molar-refractivity contribution in [2.45, 2.75) is 25.9 Å². The Balaban J connectivity index is 1.03. The third-order valence-corrected chi connectivity index (χ3v) is 10.8. The molecule has 0 N–H and O–H groups in total. The number of benzene rings is 5. The maximum atomic E-state index is 6.79. The third kappa shape index (κ3) is 5.87. The Morgan fingerprint density at radius 3 is 1.95 bits per heavy atom. The normalized spacial score (nSPS) is 16.9. The van der Waals surface area contributed by atoms with Crippen molar-refractivity contribution in [2.75, 3.05) is 0 Å². The van der Waals surface area contributed by atoms with Crippen molar-refractivity contribution in [3.05, 3.63) is 187 Å². The molecule has 3 heterocycles. The van der Waals surface area contributed by atoms with E-state index >= 15 is 0 Å². The van der Waals surface area contributed by atoms with Gasteiger partial charge in [0.05, 0.1) is 0 Å². The number of ether oxygens (including phenoxy) is 2. The van der Waals surface area contributed by atoms with Crippen LogP contribution in [0.1, 0.15) is 24.6 Å². The molecule has 6 nitrogen and oxygen atoms in total. The van der Waals surface area contributed by atoms with E-state index in [1.807, 2.05) is 72.8 Å². The lowest BCUT2D eigenvalue weighted by Gasteiger charge is -2.30. The van der Waals surface area contributed by atoms with Gasteiger partial charge in [0.25, 0.3) is 0 Å². The van der Waals surface area contributed by atoms with Crippen molar-refractivity contribution in [2.24, 2.45) is 5.92 Å². The van der Waals surface area contributed by atoms with Crippen LogP contribution in [0.2, 0.25) is 0 Å². The van der Waals surface area contributed by atoms with E-state index in [1.165, 1.54) is 16.8 Å². The topological polar surface area (TPSA) is 62.1 Å². The van der Waals surface area contributed by atoms with Crippen LogP contribution in [0.3, 0.4) is 0 Å². The van der Waals surface area contributed by atoms with E-state index in [0.29, 0.717) is 17.5 Å². The molecular weight excluding hydrogens is 689 g/mol. The number of allylic oxidation sites excluding steroid dienone is 6. The minimum Gasteiger partial charge on any atom is -0.476 e. The smallest absolute Gasteiger partial charge is 0.187 e. The average Bonchev–Trinajstić information content (AvgIpc) is 3.59. The Morgan fingerprint density at radius 2 is 1.32 bits per heavy atom. The molecule has 0 spiro atoms. The van der Waals surface area contributed by atoms with Crippen LogP contribution >= 0.6 is 0 Å². The van der Waals surface area contributed by atoms with Gasteiger partial charge in [0.1, 0.15) is 11.3 Å². The summed E-state index contributed by atoms with van der Waals surface area (Å²) in [5, 5.41) is 1.15. The lowest BCUT2D eigenvalue weighted by Crippen LogP contribution is -2.28. The molecule has 0 amide bonds.